The SMILES string of the molecule is c1ccc(COCCCCn2cccn2)cc1. The van der Waals surface area contributed by atoms with Crippen LogP contribution in [0, 0.1) is 0 Å². The van der Waals surface area contributed by atoms with Crippen molar-refractivity contribution in [3.8, 4) is 0 Å². The van der Waals surface area contributed by atoms with Gasteiger partial charge in [0.2, 0.25) is 0 Å². The summed E-state index contributed by atoms with van der Waals surface area (Å²) in [5, 5.41) is 4.16. The summed E-state index contributed by atoms with van der Waals surface area (Å²) >= 11 is 0. The van der Waals surface area contributed by atoms with Crippen LogP contribution in [-0.4, -0.2) is 16.4 Å². The van der Waals surface area contributed by atoms with Crippen molar-refractivity contribution in [2.24, 2.45) is 0 Å². The van der Waals surface area contributed by atoms with Gasteiger partial charge in [-0.05, 0) is 24.5 Å². The van der Waals surface area contributed by atoms with E-state index in [1.807, 2.05) is 41.3 Å². The third kappa shape index (κ3) is 4.41. The Hall–Kier alpha value is -1.61. The second-order valence-electron chi connectivity index (χ2n) is 4.01. The fourth-order valence-electron chi connectivity index (χ4n) is 1.67. The fourth-order valence-corrected chi connectivity index (χ4v) is 1.67. The normalized spacial score (nSPS) is 10.6. The fraction of sp³-hybridized carbons (Fsp3) is 0.357. The summed E-state index contributed by atoms with van der Waals surface area (Å²) in [7, 11) is 0. The molecule has 3 heteroatoms. The van der Waals surface area contributed by atoms with Crippen LogP contribution in [0.15, 0.2) is 48.8 Å². The van der Waals surface area contributed by atoms with Gasteiger partial charge in [0, 0.05) is 25.5 Å². The molecule has 17 heavy (non-hydrogen) atoms. The van der Waals surface area contributed by atoms with Crippen LogP contribution in [0.1, 0.15) is 18.4 Å². The summed E-state index contributed by atoms with van der Waals surface area (Å²) in [6.45, 7) is 2.50. The summed E-state index contributed by atoms with van der Waals surface area (Å²) in [5.74, 6) is 0. The molecule has 1 heterocycles. The lowest BCUT2D eigenvalue weighted by molar-refractivity contribution is 0.116. The minimum atomic E-state index is 0.711. The maximum absolute atomic E-state index is 5.61. The molecule has 0 atom stereocenters. The van der Waals surface area contributed by atoms with Crippen LogP contribution in [0.2, 0.25) is 0 Å². The van der Waals surface area contributed by atoms with E-state index >= 15 is 0 Å². The average molecular weight is 230 g/mol. The van der Waals surface area contributed by atoms with Crippen molar-refractivity contribution in [3.63, 3.8) is 0 Å². The number of nitrogens with zero attached hydrogens (tertiary/aromatic N) is 2. The van der Waals surface area contributed by atoms with Crippen LogP contribution < -0.4 is 0 Å². The molecule has 0 fully saturated rings. The summed E-state index contributed by atoms with van der Waals surface area (Å²) < 4.78 is 7.57. The molecule has 0 unspecified atom stereocenters. The third-order valence-electron chi connectivity index (χ3n) is 2.60. The molecule has 2 aromatic rings. The molecule has 0 saturated heterocycles. The second kappa shape index (κ2) is 6.86. The van der Waals surface area contributed by atoms with Gasteiger partial charge in [-0.2, -0.15) is 5.10 Å². The average Bonchev–Trinajstić information content (AvgIpc) is 2.88. The maximum Gasteiger partial charge on any atom is 0.0716 e. The summed E-state index contributed by atoms with van der Waals surface area (Å²) in [6.07, 6.45) is 5.99. The number of benzene rings is 1. The monoisotopic (exact) mass is 230 g/mol. The first-order valence-electron chi connectivity index (χ1n) is 6.04. The van der Waals surface area contributed by atoms with Crippen molar-refractivity contribution in [1.82, 2.24) is 9.78 Å². The largest absolute Gasteiger partial charge is 0.377 e. The summed E-state index contributed by atoms with van der Waals surface area (Å²) in [5.41, 5.74) is 1.24. The molecule has 0 aliphatic heterocycles. The first-order chi connectivity index (χ1) is 8.45. The van der Waals surface area contributed by atoms with Crippen molar-refractivity contribution in [2.75, 3.05) is 6.61 Å². The Morgan fingerprint density at radius 2 is 1.94 bits per heavy atom. The lowest BCUT2D eigenvalue weighted by atomic mass is 10.2. The predicted molar refractivity (Wildman–Crippen MR) is 67.6 cm³/mol. The third-order valence-corrected chi connectivity index (χ3v) is 2.60. The van der Waals surface area contributed by atoms with Crippen molar-refractivity contribution in [3.05, 3.63) is 54.4 Å². The van der Waals surface area contributed by atoms with E-state index < -0.39 is 0 Å². The van der Waals surface area contributed by atoms with Gasteiger partial charge in [-0.15, -0.1) is 0 Å². The van der Waals surface area contributed by atoms with Gasteiger partial charge in [-0.25, -0.2) is 0 Å². The zero-order valence-corrected chi connectivity index (χ0v) is 9.96. The summed E-state index contributed by atoms with van der Waals surface area (Å²) in [6, 6.07) is 12.2. The standard InChI is InChI=1S/C14H18N2O/c1-2-7-14(8-3-1)13-17-12-5-4-10-16-11-6-9-15-16/h1-3,6-9,11H,4-5,10,12-13H2. The number of aromatic nitrogens is 2. The Labute approximate surface area is 102 Å². The van der Waals surface area contributed by atoms with Crippen molar-refractivity contribution in [2.45, 2.75) is 26.0 Å². The van der Waals surface area contributed by atoms with Crippen LogP contribution in [-0.2, 0) is 17.9 Å². The van der Waals surface area contributed by atoms with E-state index in [-0.39, 0.29) is 0 Å². The molecule has 0 bridgehead atoms. The van der Waals surface area contributed by atoms with Crippen molar-refractivity contribution in [1.29, 1.82) is 0 Å². The van der Waals surface area contributed by atoms with Gasteiger partial charge in [-0.1, -0.05) is 30.3 Å². The molecule has 1 aromatic heterocycles. The molecule has 0 radical (unpaired) electrons. The molecule has 0 N–H and O–H groups in total. The van der Waals surface area contributed by atoms with Gasteiger partial charge in [-0.3, -0.25) is 4.68 Å². The minimum Gasteiger partial charge on any atom is -0.377 e. The lowest BCUT2D eigenvalue weighted by Crippen LogP contribution is -2.01. The van der Waals surface area contributed by atoms with Crippen LogP contribution in [0.5, 0.6) is 0 Å². The van der Waals surface area contributed by atoms with Crippen molar-refractivity contribution < 1.29 is 4.74 Å². The van der Waals surface area contributed by atoms with Gasteiger partial charge < -0.3 is 4.74 Å². The Kier molecular flexibility index (Phi) is 4.79. The van der Waals surface area contributed by atoms with E-state index in [2.05, 4.69) is 17.2 Å². The second-order valence-corrected chi connectivity index (χ2v) is 4.01. The van der Waals surface area contributed by atoms with Crippen LogP contribution >= 0.6 is 0 Å². The molecular formula is C14H18N2O. The first-order valence-corrected chi connectivity index (χ1v) is 6.04. The van der Waals surface area contributed by atoms with Gasteiger partial charge in [0.05, 0.1) is 6.61 Å². The number of ether oxygens (including phenoxy) is 1. The van der Waals surface area contributed by atoms with Gasteiger partial charge in [0.25, 0.3) is 0 Å². The number of unbranched alkanes of at least 4 members (excludes halogenated alkanes) is 1. The van der Waals surface area contributed by atoms with Crippen LogP contribution in [0.25, 0.3) is 0 Å². The Bertz CT molecular complexity index is 397. The Morgan fingerprint density at radius 1 is 1.06 bits per heavy atom. The molecule has 2 rings (SSSR count). The molecule has 1 aromatic carbocycles. The number of rotatable bonds is 7. The number of hydrogen-bond acceptors (Lipinski definition) is 2. The zero-order valence-electron chi connectivity index (χ0n) is 9.96. The minimum absolute atomic E-state index is 0.711. The highest BCUT2D eigenvalue weighted by molar-refractivity contribution is 5.13. The van der Waals surface area contributed by atoms with Crippen molar-refractivity contribution >= 4 is 0 Å². The van der Waals surface area contributed by atoms with E-state index in [4.69, 9.17) is 4.74 Å². The highest BCUT2D eigenvalue weighted by atomic mass is 16.5. The molecular weight excluding hydrogens is 212 g/mol. The molecule has 0 amide bonds. The quantitative estimate of drug-likeness (QED) is 0.684. The first kappa shape index (κ1) is 11.9. The van der Waals surface area contributed by atoms with Gasteiger partial charge >= 0.3 is 0 Å². The van der Waals surface area contributed by atoms with E-state index in [0.717, 1.165) is 26.0 Å². The predicted octanol–water partition coefficient (Wildman–Crippen LogP) is 2.88. The van der Waals surface area contributed by atoms with Crippen LogP contribution in [0.4, 0.5) is 0 Å². The van der Waals surface area contributed by atoms with Crippen LogP contribution in [0.3, 0.4) is 0 Å². The smallest absolute Gasteiger partial charge is 0.0716 e. The zero-order chi connectivity index (χ0) is 11.8. The van der Waals surface area contributed by atoms with Gasteiger partial charge in [0.15, 0.2) is 0 Å². The Balaban J connectivity index is 1.52. The van der Waals surface area contributed by atoms with E-state index in [9.17, 15) is 0 Å². The maximum atomic E-state index is 5.61. The highest BCUT2D eigenvalue weighted by Gasteiger charge is 1.93. The van der Waals surface area contributed by atoms with E-state index in [1.54, 1.807) is 0 Å². The number of hydrogen-bond donors (Lipinski definition) is 0. The molecule has 0 saturated carbocycles. The topological polar surface area (TPSA) is 27.1 Å². The molecule has 0 spiro atoms. The Morgan fingerprint density at radius 3 is 2.71 bits per heavy atom. The molecule has 0 aliphatic carbocycles. The summed E-state index contributed by atoms with van der Waals surface area (Å²) in [4.78, 5) is 0. The van der Waals surface area contributed by atoms with E-state index in [0.29, 0.717) is 6.61 Å². The molecule has 90 valence electrons. The lowest BCUT2D eigenvalue weighted by Gasteiger charge is -2.04. The van der Waals surface area contributed by atoms with E-state index in [1.165, 1.54) is 5.56 Å². The highest BCUT2D eigenvalue weighted by Crippen LogP contribution is 2.02. The molecule has 0 aliphatic rings. The number of aryl methyl sites for hydroxylation is 1. The van der Waals surface area contributed by atoms with Gasteiger partial charge in [0.1, 0.15) is 0 Å². The molecule has 3 nitrogen and oxygen atoms in total.